The Morgan fingerprint density at radius 1 is 1.10 bits per heavy atom. The smallest absolute Gasteiger partial charge is 0.387 e. The van der Waals surface area contributed by atoms with E-state index in [0.717, 1.165) is 11.0 Å². The van der Waals surface area contributed by atoms with Crippen molar-refractivity contribution < 1.29 is 37.4 Å². The van der Waals surface area contributed by atoms with E-state index in [1.165, 1.54) is 37.4 Å². The lowest BCUT2D eigenvalue weighted by molar-refractivity contribution is -0.119. The molecule has 3 amide bonds. The minimum atomic E-state index is -3.05. The lowest BCUT2D eigenvalue weighted by atomic mass is 10.1. The van der Waals surface area contributed by atoms with Crippen molar-refractivity contribution in [1.29, 1.82) is 0 Å². The van der Waals surface area contributed by atoms with E-state index in [0.29, 0.717) is 0 Å². The molecule has 3 rings (SSSR count). The fourth-order valence-corrected chi connectivity index (χ4v) is 2.89. The molecule has 0 saturated carbocycles. The molecule has 2 aromatic carbocycles. The van der Waals surface area contributed by atoms with Gasteiger partial charge in [0.05, 0.1) is 21.7 Å². The summed E-state index contributed by atoms with van der Waals surface area (Å²) >= 11 is 5.79. The molecule has 0 fully saturated rings. The van der Waals surface area contributed by atoms with Crippen LogP contribution in [0.2, 0.25) is 5.02 Å². The van der Waals surface area contributed by atoms with Gasteiger partial charge in [0.1, 0.15) is 5.75 Å². The Labute approximate surface area is 173 Å². The SMILES string of the molecule is CN1C(=O)c2ccc(C(=O)OCC(=O)Nc3ccc(OC(F)F)c(Cl)c3)cc2C1=O. The molecule has 8 nitrogen and oxygen atoms in total. The standard InChI is InChI=1S/C19H13ClF2N2O6/c1-24-16(26)11-4-2-9(6-12(11)17(24)27)18(28)29-8-15(25)23-10-3-5-14(13(20)7-10)30-19(21)22/h2-7,19H,8H2,1H3,(H,23,25). The number of carbonyl (C=O) groups is 4. The number of esters is 1. The second-order valence-corrected chi connectivity index (χ2v) is 6.48. The van der Waals surface area contributed by atoms with Crippen LogP contribution >= 0.6 is 11.6 Å². The van der Waals surface area contributed by atoms with Gasteiger partial charge in [-0.1, -0.05) is 11.6 Å². The average Bonchev–Trinajstić information content (AvgIpc) is 2.91. The number of hydrogen-bond acceptors (Lipinski definition) is 6. The third-order valence-corrected chi connectivity index (χ3v) is 4.39. The molecular weight excluding hydrogens is 426 g/mol. The van der Waals surface area contributed by atoms with Crippen LogP contribution in [-0.4, -0.2) is 48.9 Å². The zero-order valence-corrected chi connectivity index (χ0v) is 16.0. The molecule has 0 unspecified atom stereocenters. The number of nitrogens with zero attached hydrogens (tertiary/aromatic N) is 1. The number of imide groups is 1. The van der Waals surface area contributed by atoms with E-state index in [-0.39, 0.29) is 33.1 Å². The van der Waals surface area contributed by atoms with Crippen LogP contribution < -0.4 is 10.1 Å². The fourth-order valence-electron chi connectivity index (χ4n) is 2.67. The van der Waals surface area contributed by atoms with Crippen LogP contribution in [0.25, 0.3) is 0 Å². The van der Waals surface area contributed by atoms with Gasteiger partial charge in [0.15, 0.2) is 6.61 Å². The number of anilines is 1. The number of halogens is 3. The Kier molecular flexibility index (Phi) is 5.97. The zero-order valence-electron chi connectivity index (χ0n) is 15.3. The summed E-state index contributed by atoms with van der Waals surface area (Å²) in [6.07, 6.45) is 0. The highest BCUT2D eigenvalue weighted by molar-refractivity contribution is 6.32. The van der Waals surface area contributed by atoms with Gasteiger partial charge in [0, 0.05) is 12.7 Å². The summed E-state index contributed by atoms with van der Waals surface area (Å²) in [5.41, 5.74) is 0.414. The zero-order chi connectivity index (χ0) is 22.0. The summed E-state index contributed by atoms with van der Waals surface area (Å²) < 4.78 is 33.5. The normalized spacial score (nSPS) is 12.8. The summed E-state index contributed by atoms with van der Waals surface area (Å²) in [4.78, 5) is 48.9. The van der Waals surface area contributed by atoms with Gasteiger partial charge in [-0.3, -0.25) is 19.3 Å². The second kappa shape index (κ2) is 8.46. The summed E-state index contributed by atoms with van der Waals surface area (Å²) in [6.45, 7) is -3.70. The number of alkyl halides is 2. The Morgan fingerprint density at radius 3 is 2.47 bits per heavy atom. The molecule has 1 aliphatic heterocycles. The van der Waals surface area contributed by atoms with E-state index in [2.05, 4.69) is 10.1 Å². The Morgan fingerprint density at radius 2 is 1.80 bits per heavy atom. The number of fused-ring (bicyclic) bond motifs is 1. The molecular formula is C19H13ClF2N2O6. The minimum Gasteiger partial charge on any atom is -0.452 e. The van der Waals surface area contributed by atoms with Crippen LogP contribution in [0.4, 0.5) is 14.5 Å². The van der Waals surface area contributed by atoms with Gasteiger partial charge in [0.2, 0.25) is 0 Å². The van der Waals surface area contributed by atoms with Crippen molar-refractivity contribution in [3.05, 3.63) is 58.1 Å². The molecule has 0 aromatic heterocycles. The predicted octanol–water partition coefficient (Wildman–Crippen LogP) is 2.96. The van der Waals surface area contributed by atoms with Crippen LogP contribution in [0.5, 0.6) is 5.75 Å². The van der Waals surface area contributed by atoms with Crippen LogP contribution in [0.3, 0.4) is 0 Å². The first-order chi connectivity index (χ1) is 14.2. The van der Waals surface area contributed by atoms with E-state index < -0.39 is 36.9 Å². The number of nitrogens with one attached hydrogen (secondary N) is 1. The van der Waals surface area contributed by atoms with Gasteiger partial charge in [-0.2, -0.15) is 8.78 Å². The third-order valence-electron chi connectivity index (χ3n) is 4.09. The number of rotatable bonds is 6. The predicted molar refractivity (Wildman–Crippen MR) is 99.9 cm³/mol. The first kappa shape index (κ1) is 21.2. The van der Waals surface area contributed by atoms with Crippen LogP contribution in [0.1, 0.15) is 31.1 Å². The summed E-state index contributed by atoms with van der Waals surface area (Å²) in [5.74, 6) is -2.86. The summed E-state index contributed by atoms with van der Waals surface area (Å²) in [7, 11) is 1.32. The summed E-state index contributed by atoms with van der Waals surface area (Å²) in [5, 5.41) is 2.24. The molecule has 1 heterocycles. The quantitative estimate of drug-likeness (QED) is 0.549. The number of benzene rings is 2. The number of amides is 3. The maximum absolute atomic E-state index is 12.2. The van der Waals surface area contributed by atoms with Crippen molar-refractivity contribution in [3.63, 3.8) is 0 Å². The highest BCUT2D eigenvalue weighted by Crippen LogP contribution is 2.29. The van der Waals surface area contributed by atoms with E-state index in [1.54, 1.807) is 0 Å². The molecule has 0 bridgehead atoms. The fraction of sp³-hybridized carbons (Fsp3) is 0.158. The van der Waals surface area contributed by atoms with Crippen molar-refractivity contribution in [2.75, 3.05) is 19.0 Å². The number of hydrogen-bond donors (Lipinski definition) is 1. The lowest BCUT2D eigenvalue weighted by Gasteiger charge is -2.10. The van der Waals surface area contributed by atoms with Crippen LogP contribution in [0.15, 0.2) is 36.4 Å². The van der Waals surface area contributed by atoms with Crippen molar-refractivity contribution in [3.8, 4) is 5.75 Å². The monoisotopic (exact) mass is 438 g/mol. The van der Waals surface area contributed by atoms with E-state index >= 15 is 0 Å². The van der Waals surface area contributed by atoms with Gasteiger partial charge in [-0.15, -0.1) is 0 Å². The van der Waals surface area contributed by atoms with Crippen molar-refractivity contribution in [2.24, 2.45) is 0 Å². The van der Waals surface area contributed by atoms with Gasteiger partial charge >= 0.3 is 12.6 Å². The van der Waals surface area contributed by atoms with Gasteiger partial charge in [0.25, 0.3) is 17.7 Å². The molecule has 156 valence electrons. The molecule has 1 aliphatic rings. The highest BCUT2D eigenvalue weighted by Gasteiger charge is 2.33. The van der Waals surface area contributed by atoms with E-state index in [9.17, 15) is 28.0 Å². The van der Waals surface area contributed by atoms with Crippen molar-refractivity contribution in [1.82, 2.24) is 4.90 Å². The molecule has 2 aromatic rings. The minimum absolute atomic E-state index is 0.00505. The lowest BCUT2D eigenvalue weighted by Crippen LogP contribution is -2.24. The van der Waals surface area contributed by atoms with Crippen LogP contribution in [0, 0.1) is 0 Å². The Balaban J connectivity index is 1.59. The van der Waals surface area contributed by atoms with Crippen molar-refractivity contribution >= 4 is 41.0 Å². The van der Waals surface area contributed by atoms with Gasteiger partial charge < -0.3 is 14.8 Å². The topological polar surface area (TPSA) is 102 Å². The molecule has 0 radical (unpaired) electrons. The van der Waals surface area contributed by atoms with Crippen molar-refractivity contribution in [2.45, 2.75) is 6.61 Å². The second-order valence-electron chi connectivity index (χ2n) is 6.08. The molecule has 1 N–H and O–H groups in total. The third kappa shape index (κ3) is 4.38. The Hall–Kier alpha value is -3.53. The first-order valence-corrected chi connectivity index (χ1v) is 8.73. The molecule has 30 heavy (non-hydrogen) atoms. The molecule has 11 heteroatoms. The van der Waals surface area contributed by atoms with E-state index in [1.807, 2.05) is 0 Å². The maximum atomic E-state index is 12.2. The van der Waals surface area contributed by atoms with Gasteiger partial charge in [-0.25, -0.2) is 4.79 Å². The Bertz CT molecular complexity index is 1060. The van der Waals surface area contributed by atoms with Gasteiger partial charge in [-0.05, 0) is 36.4 Å². The molecule has 0 aliphatic carbocycles. The average molecular weight is 439 g/mol. The van der Waals surface area contributed by atoms with Crippen LogP contribution in [-0.2, 0) is 9.53 Å². The highest BCUT2D eigenvalue weighted by atomic mass is 35.5. The molecule has 0 saturated heterocycles. The molecule has 0 atom stereocenters. The van der Waals surface area contributed by atoms with E-state index in [4.69, 9.17) is 16.3 Å². The first-order valence-electron chi connectivity index (χ1n) is 8.35. The number of ether oxygens (including phenoxy) is 2. The maximum Gasteiger partial charge on any atom is 0.387 e. The summed E-state index contributed by atoms with van der Waals surface area (Å²) in [6, 6.07) is 7.49. The molecule has 0 spiro atoms. The largest absolute Gasteiger partial charge is 0.452 e. The number of carbonyl (C=O) groups excluding carboxylic acids is 4.